The highest BCUT2D eigenvalue weighted by Gasteiger charge is 2.26. The molecule has 1 atom stereocenters. The fourth-order valence-electron chi connectivity index (χ4n) is 2.83. The minimum atomic E-state index is -2.11. The van der Waals surface area contributed by atoms with E-state index in [2.05, 4.69) is 27.0 Å². The number of hydrogen-bond acceptors (Lipinski definition) is 2. The average molecular weight is 357 g/mol. The van der Waals surface area contributed by atoms with Gasteiger partial charge < -0.3 is 8.85 Å². The Labute approximate surface area is 153 Å². The molecule has 0 aromatic carbocycles. The van der Waals surface area contributed by atoms with Gasteiger partial charge in [-0.05, 0) is 25.1 Å². The fourth-order valence-corrected chi connectivity index (χ4v) is 4.25. The normalized spacial score (nSPS) is 13.8. The summed E-state index contributed by atoms with van der Waals surface area (Å²) in [6.45, 7) is 12.2. The highest BCUT2D eigenvalue weighted by molar-refractivity contribution is 6.71. The maximum Gasteiger partial charge on any atom is 0.361 e. The van der Waals surface area contributed by atoms with Crippen LogP contribution in [0.4, 0.5) is 0 Å². The lowest BCUT2D eigenvalue weighted by molar-refractivity contribution is 0.178. The van der Waals surface area contributed by atoms with Gasteiger partial charge in [0.25, 0.3) is 0 Å². The third-order valence-electron chi connectivity index (χ3n) is 4.64. The van der Waals surface area contributed by atoms with Crippen molar-refractivity contribution in [3.05, 3.63) is 12.3 Å². The largest absolute Gasteiger partial charge is 0.391 e. The molecule has 0 N–H and O–H groups in total. The zero-order valence-electron chi connectivity index (χ0n) is 16.9. The van der Waals surface area contributed by atoms with Crippen molar-refractivity contribution in [1.29, 1.82) is 0 Å². The van der Waals surface area contributed by atoms with Crippen molar-refractivity contribution < 1.29 is 8.85 Å². The van der Waals surface area contributed by atoms with Gasteiger partial charge in [0, 0.05) is 13.2 Å². The van der Waals surface area contributed by atoms with Crippen LogP contribution in [0.1, 0.15) is 104 Å². The first-order valence-corrected chi connectivity index (χ1v) is 13.0. The zero-order valence-corrected chi connectivity index (χ0v) is 17.9. The fraction of sp³-hybridized carbons (Fsp3) is 0.905. The lowest BCUT2D eigenvalue weighted by Gasteiger charge is -2.23. The van der Waals surface area contributed by atoms with E-state index in [1.165, 1.54) is 77.0 Å². The van der Waals surface area contributed by atoms with Gasteiger partial charge in [-0.25, -0.2) is 0 Å². The van der Waals surface area contributed by atoms with Crippen molar-refractivity contribution in [2.75, 3.05) is 13.2 Å². The maximum absolute atomic E-state index is 6.04. The van der Waals surface area contributed by atoms with Crippen LogP contribution in [-0.2, 0) is 8.85 Å². The van der Waals surface area contributed by atoms with Crippen molar-refractivity contribution in [2.45, 2.75) is 110 Å². The van der Waals surface area contributed by atoms with Gasteiger partial charge in [-0.15, -0.1) is 6.58 Å². The Balaban J connectivity index is 3.41. The summed E-state index contributed by atoms with van der Waals surface area (Å²) < 4.78 is 12.0. The smallest absolute Gasteiger partial charge is 0.361 e. The first-order valence-electron chi connectivity index (χ1n) is 10.6. The first-order chi connectivity index (χ1) is 11.7. The molecule has 0 radical (unpaired) electrons. The Morgan fingerprint density at radius 3 is 1.38 bits per heavy atom. The summed E-state index contributed by atoms with van der Waals surface area (Å²) in [7, 11) is -2.11. The van der Waals surface area contributed by atoms with Gasteiger partial charge in [0.05, 0.1) is 0 Å². The first kappa shape index (κ1) is 23.9. The zero-order chi connectivity index (χ0) is 17.9. The van der Waals surface area contributed by atoms with Gasteiger partial charge >= 0.3 is 8.56 Å². The topological polar surface area (TPSA) is 18.5 Å². The molecule has 0 bridgehead atoms. The summed E-state index contributed by atoms with van der Waals surface area (Å²) in [5.74, 6) is 0. The minimum Gasteiger partial charge on any atom is -0.391 e. The molecule has 0 fully saturated rings. The Morgan fingerprint density at radius 1 is 0.625 bits per heavy atom. The van der Waals surface area contributed by atoms with E-state index >= 15 is 0 Å². The molecule has 0 saturated heterocycles. The van der Waals surface area contributed by atoms with Crippen LogP contribution in [0.2, 0.25) is 6.55 Å². The lowest BCUT2D eigenvalue weighted by atomic mass is 10.1. The quantitative estimate of drug-likeness (QED) is 0.178. The van der Waals surface area contributed by atoms with E-state index in [0.29, 0.717) is 0 Å². The van der Waals surface area contributed by atoms with Gasteiger partial charge in [0.1, 0.15) is 0 Å². The average Bonchev–Trinajstić information content (AvgIpc) is 2.60. The third-order valence-corrected chi connectivity index (χ3v) is 6.94. The summed E-state index contributed by atoms with van der Waals surface area (Å²) in [5, 5.41) is 0. The van der Waals surface area contributed by atoms with E-state index in [9.17, 15) is 0 Å². The molecule has 3 heteroatoms. The predicted molar refractivity (Wildman–Crippen MR) is 110 cm³/mol. The van der Waals surface area contributed by atoms with Crippen molar-refractivity contribution in [1.82, 2.24) is 0 Å². The van der Waals surface area contributed by atoms with Crippen molar-refractivity contribution in [3.8, 4) is 0 Å². The molecule has 0 amide bonds. The number of rotatable bonds is 19. The summed E-state index contributed by atoms with van der Waals surface area (Å²) in [4.78, 5) is 0. The molecular formula is C21H44O2Si. The summed E-state index contributed by atoms with van der Waals surface area (Å²) >= 11 is 0. The molecule has 0 heterocycles. The molecular weight excluding hydrogens is 312 g/mol. The van der Waals surface area contributed by atoms with Crippen LogP contribution in [0.25, 0.3) is 0 Å². The molecule has 0 aliphatic rings. The molecule has 1 unspecified atom stereocenters. The van der Waals surface area contributed by atoms with E-state index in [0.717, 1.165) is 26.1 Å². The highest BCUT2D eigenvalue weighted by Crippen LogP contribution is 2.13. The van der Waals surface area contributed by atoms with Gasteiger partial charge in [-0.1, -0.05) is 90.9 Å². The molecule has 0 aromatic heterocycles. The second kappa shape index (κ2) is 17.7. The van der Waals surface area contributed by atoms with Crippen molar-refractivity contribution in [2.24, 2.45) is 0 Å². The van der Waals surface area contributed by atoms with Crippen LogP contribution in [0.15, 0.2) is 12.3 Å². The Hall–Kier alpha value is -0.123. The summed E-state index contributed by atoms with van der Waals surface area (Å²) in [6.07, 6.45) is 18.7. The second-order valence-corrected chi connectivity index (χ2v) is 10.2. The van der Waals surface area contributed by atoms with Crippen LogP contribution >= 0.6 is 0 Å². The van der Waals surface area contributed by atoms with Gasteiger partial charge in [-0.3, -0.25) is 0 Å². The molecule has 0 rings (SSSR count). The van der Waals surface area contributed by atoms with E-state index in [4.69, 9.17) is 8.85 Å². The second-order valence-electron chi connectivity index (χ2n) is 7.16. The van der Waals surface area contributed by atoms with Crippen molar-refractivity contribution >= 4 is 8.56 Å². The molecule has 0 aliphatic carbocycles. The monoisotopic (exact) mass is 356 g/mol. The molecule has 0 spiro atoms. The van der Waals surface area contributed by atoms with Gasteiger partial charge in [0.15, 0.2) is 0 Å². The summed E-state index contributed by atoms with van der Waals surface area (Å²) in [5.41, 5.74) is 1.93. The molecule has 0 saturated carbocycles. The standard InChI is InChI=1S/C21H44O2Si/c1-5-8-10-11-12-13-14-15-16-17-19-21-23-24(4,7-3)22-20-18-9-6-2/h7H,3,5-6,8-21H2,1-2,4H3. The van der Waals surface area contributed by atoms with Gasteiger partial charge in [-0.2, -0.15) is 0 Å². The maximum atomic E-state index is 6.04. The molecule has 144 valence electrons. The van der Waals surface area contributed by atoms with Crippen LogP contribution in [-0.4, -0.2) is 21.8 Å². The lowest BCUT2D eigenvalue weighted by Crippen LogP contribution is -2.37. The van der Waals surface area contributed by atoms with E-state index in [-0.39, 0.29) is 0 Å². The minimum absolute atomic E-state index is 0.820. The van der Waals surface area contributed by atoms with E-state index in [1.54, 1.807) is 0 Å². The van der Waals surface area contributed by atoms with Crippen LogP contribution in [0.5, 0.6) is 0 Å². The molecule has 0 aromatic rings. The molecule has 2 nitrogen and oxygen atoms in total. The highest BCUT2D eigenvalue weighted by atomic mass is 28.4. The molecule has 24 heavy (non-hydrogen) atoms. The SMILES string of the molecule is C=C[Si](C)(OCCCCC)OCCCCCCCCCCCCC. The van der Waals surface area contributed by atoms with Crippen molar-refractivity contribution in [3.63, 3.8) is 0 Å². The van der Waals surface area contributed by atoms with E-state index in [1.807, 2.05) is 5.70 Å². The van der Waals surface area contributed by atoms with Crippen LogP contribution < -0.4 is 0 Å². The van der Waals surface area contributed by atoms with E-state index < -0.39 is 8.56 Å². The number of hydrogen-bond donors (Lipinski definition) is 0. The van der Waals surface area contributed by atoms with Crippen LogP contribution in [0.3, 0.4) is 0 Å². The van der Waals surface area contributed by atoms with Gasteiger partial charge in [0.2, 0.25) is 0 Å². The van der Waals surface area contributed by atoms with Crippen LogP contribution in [0, 0.1) is 0 Å². The Morgan fingerprint density at radius 2 is 0.958 bits per heavy atom. The Kier molecular flexibility index (Phi) is 17.6. The summed E-state index contributed by atoms with van der Waals surface area (Å²) in [6, 6.07) is 0. The predicted octanol–water partition coefficient (Wildman–Crippen LogP) is 7.32. The molecule has 0 aliphatic heterocycles. The third kappa shape index (κ3) is 15.4. The number of unbranched alkanes of at least 4 members (excludes halogenated alkanes) is 12. The Bertz CT molecular complexity index is 271.